The van der Waals surface area contributed by atoms with Crippen LogP contribution >= 0.6 is 0 Å². The number of hydrogen-bond acceptors (Lipinski definition) is 1. The van der Waals surface area contributed by atoms with Gasteiger partial charge in [0.15, 0.2) is 5.71 Å². The van der Waals surface area contributed by atoms with E-state index in [1.165, 1.54) is 61.5 Å². The number of allylic oxidation sites excluding steroid dienone is 1. The summed E-state index contributed by atoms with van der Waals surface area (Å²) in [7, 11) is 4.15. The Morgan fingerprint density at radius 2 is 1.53 bits per heavy atom. The molecule has 4 aromatic rings. The number of benzene rings is 3. The van der Waals surface area contributed by atoms with Crippen LogP contribution in [-0.4, -0.2) is 24.8 Å². The Hall–Kier alpha value is -3.59. The highest BCUT2D eigenvalue weighted by atomic mass is 15.1. The minimum absolute atomic E-state index is 1.17. The molecule has 0 bridgehead atoms. The van der Waals surface area contributed by atoms with E-state index in [0.717, 1.165) is 0 Å². The molecule has 1 aliphatic heterocycles. The molecule has 2 heterocycles. The molecule has 1 aromatic heterocycles. The molecule has 1 aliphatic rings. The van der Waals surface area contributed by atoms with E-state index >= 15 is 0 Å². The van der Waals surface area contributed by atoms with Crippen molar-refractivity contribution in [2.45, 2.75) is 13.8 Å². The Bertz CT molecular complexity index is 1320. The Labute approximate surface area is 177 Å². The van der Waals surface area contributed by atoms with Gasteiger partial charge in [0.2, 0.25) is 5.69 Å². The van der Waals surface area contributed by atoms with Crippen LogP contribution in [0.25, 0.3) is 22.0 Å². The first-order valence-corrected chi connectivity index (χ1v) is 10.3. The third-order valence-corrected chi connectivity index (χ3v) is 5.96. The molecule has 0 atom stereocenters. The van der Waals surface area contributed by atoms with Crippen LogP contribution in [0.15, 0.2) is 72.8 Å². The predicted octanol–water partition coefficient (Wildman–Crippen LogP) is 4.69. The SMILES string of the molecule is CC1=[NH+]c2ccccc2/C1=C(\c1ccc(N(C)C)cc1)c1c(C)[nH]c2ccccc12. The molecule has 148 valence electrons. The van der Waals surface area contributed by atoms with Crippen molar-refractivity contribution in [1.29, 1.82) is 0 Å². The number of fused-ring (bicyclic) bond motifs is 2. The van der Waals surface area contributed by atoms with Crippen LogP contribution < -0.4 is 9.89 Å². The van der Waals surface area contributed by atoms with E-state index in [1.807, 2.05) is 0 Å². The average Bonchev–Trinajstić information content (AvgIpc) is 3.25. The first-order chi connectivity index (χ1) is 14.5. The molecule has 30 heavy (non-hydrogen) atoms. The van der Waals surface area contributed by atoms with Gasteiger partial charge in [-0.05, 0) is 36.8 Å². The molecule has 2 N–H and O–H groups in total. The fraction of sp³-hybridized carbons (Fsp3) is 0.148. The van der Waals surface area contributed by atoms with Gasteiger partial charge in [0, 0.05) is 60.5 Å². The molecule has 0 unspecified atom stereocenters. The summed E-state index contributed by atoms with van der Waals surface area (Å²) in [5.41, 5.74) is 12.2. The lowest BCUT2D eigenvalue weighted by Gasteiger charge is -2.16. The van der Waals surface area contributed by atoms with Crippen LogP contribution in [0.5, 0.6) is 0 Å². The number of nitrogens with one attached hydrogen (secondary N) is 2. The van der Waals surface area contributed by atoms with Crippen molar-refractivity contribution in [3.8, 4) is 0 Å². The minimum atomic E-state index is 1.17. The lowest BCUT2D eigenvalue weighted by Crippen LogP contribution is -2.62. The molecule has 0 saturated carbocycles. The number of aromatic amines is 1. The fourth-order valence-electron chi connectivity index (χ4n) is 4.54. The molecule has 3 nitrogen and oxygen atoms in total. The monoisotopic (exact) mass is 392 g/mol. The van der Waals surface area contributed by atoms with Gasteiger partial charge in [-0.1, -0.05) is 42.5 Å². The van der Waals surface area contributed by atoms with E-state index in [9.17, 15) is 0 Å². The molecule has 0 spiro atoms. The summed E-state index contributed by atoms with van der Waals surface area (Å²) in [6, 6.07) is 26.0. The summed E-state index contributed by atoms with van der Waals surface area (Å²) in [5, 5.41) is 1.26. The number of hydrogen-bond donors (Lipinski definition) is 2. The Kier molecular flexibility index (Phi) is 4.32. The van der Waals surface area contributed by atoms with Crippen LogP contribution in [0.1, 0.15) is 29.3 Å². The zero-order chi connectivity index (χ0) is 20.8. The normalized spacial score (nSPS) is 14.6. The second-order valence-electron chi connectivity index (χ2n) is 8.16. The summed E-state index contributed by atoms with van der Waals surface area (Å²) >= 11 is 0. The molecular formula is C27H26N3+. The van der Waals surface area contributed by atoms with Crippen LogP contribution in [-0.2, 0) is 0 Å². The van der Waals surface area contributed by atoms with Gasteiger partial charge in [-0.25, -0.2) is 4.99 Å². The van der Waals surface area contributed by atoms with Crippen molar-refractivity contribution in [2.24, 2.45) is 0 Å². The molecule has 0 radical (unpaired) electrons. The molecule has 5 rings (SSSR count). The van der Waals surface area contributed by atoms with E-state index in [1.54, 1.807) is 0 Å². The Balaban J connectivity index is 1.86. The van der Waals surface area contributed by atoms with Gasteiger partial charge < -0.3 is 9.88 Å². The third kappa shape index (κ3) is 2.86. The highest BCUT2D eigenvalue weighted by Crippen LogP contribution is 2.40. The van der Waals surface area contributed by atoms with Gasteiger partial charge in [0.25, 0.3) is 0 Å². The number of aromatic nitrogens is 1. The average molecular weight is 393 g/mol. The van der Waals surface area contributed by atoms with Gasteiger partial charge in [-0.15, -0.1) is 0 Å². The van der Waals surface area contributed by atoms with Crippen LogP contribution in [0.4, 0.5) is 11.4 Å². The van der Waals surface area contributed by atoms with Gasteiger partial charge in [-0.3, -0.25) is 0 Å². The van der Waals surface area contributed by atoms with E-state index in [4.69, 9.17) is 0 Å². The molecule has 3 heteroatoms. The zero-order valence-electron chi connectivity index (χ0n) is 17.9. The summed E-state index contributed by atoms with van der Waals surface area (Å²) in [6.45, 7) is 4.35. The molecule has 0 saturated heterocycles. The van der Waals surface area contributed by atoms with E-state index in [2.05, 4.69) is 116 Å². The van der Waals surface area contributed by atoms with E-state index < -0.39 is 0 Å². The lowest BCUT2D eigenvalue weighted by molar-refractivity contribution is -0.349. The van der Waals surface area contributed by atoms with Crippen molar-refractivity contribution >= 4 is 39.1 Å². The molecule has 0 amide bonds. The van der Waals surface area contributed by atoms with Gasteiger partial charge in [0.1, 0.15) is 0 Å². The highest BCUT2D eigenvalue weighted by Gasteiger charge is 2.30. The predicted molar refractivity (Wildman–Crippen MR) is 127 cm³/mol. The minimum Gasteiger partial charge on any atom is -0.378 e. The molecule has 0 fully saturated rings. The number of H-pyrrole nitrogens is 1. The second kappa shape index (κ2) is 7.03. The number of para-hydroxylation sites is 2. The Morgan fingerprint density at radius 1 is 0.833 bits per heavy atom. The fourth-order valence-corrected chi connectivity index (χ4v) is 4.54. The molecule has 0 aliphatic carbocycles. The first kappa shape index (κ1) is 18.4. The third-order valence-electron chi connectivity index (χ3n) is 5.96. The van der Waals surface area contributed by atoms with E-state index in [-0.39, 0.29) is 0 Å². The standard InChI is InChI=1S/C27H25N3/c1-17-25(21-9-5-7-11-23(21)28-17)27(19-13-15-20(16-14-19)30(3)4)26-18(2)29-24-12-8-6-10-22(24)26/h5-16,28H,1-4H3/p+1/b27-26+. The quantitative estimate of drug-likeness (QED) is 0.521. The number of rotatable bonds is 3. The van der Waals surface area contributed by atoms with Crippen molar-refractivity contribution < 1.29 is 4.99 Å². The van der Waals surface area contributed by atoms with Gasteiger partial charge >= 0.3 is 0 Å². The van der Waals surface area contributed by atoms with Gasteiger partial charge in [-0.2, -0.15) is 0 Å². The van der Waals surface area contributed by atoms with Crippen LogP contribution in [0, 0.1) is 6.92 Å². The zero-order valence-corrected chi connectivity index (χ0v) is 17.9. The topological polar surface area (TPSA) is 33.0 Å². The van der Waals surface area contributed by atoms with Crippen LogP contribution in [0.2, 0.25) is 0 Å². The maximum atomic E-state index is 3.60. The smallest absolute Gasteiger partial charge is 0.211 e. The van der Waals surface area contributed by atoms with Crippen molar-refractivity contribution in [3.05, 3.63) is 95.2 Å². The number of aryl methyl sites for hydroxylation is 1. The van der Waals surface area contributed by atoms with Gasteiger partial charge in [0.05, 0.1) is 11.1 Å². The van der Waals surface area contributed by atoms with E-state index in [0.29, 0.717) is 0 Å². The first-order valence-electron chi connectivity index (χ1n) is 10.3. The summed E-state index contributed by atoms with van der Waals surface area (Å²) < 4.78 is 0. The largest absolute Gasteiger partial charge is 0.378 e. The summed E-state index contributed by atoms with van der Waals surface area (Å²) in [6.07, 6.45) is 0. The van der Waals surface area contributed by atoms with Crippen molar-refractivity contribution in [3.63, 3.8) is 0 Å². The van der Waals surface area contributed by atoms with Crippen molar-refractivity contribution in [2.75, 3.05) is 19.0 Å². The molecular weight excluding hydrogens is 366 g/mol. The number of nitrogens with zero attached hydrogens (tertiary/aromatic N) is 1. The molecule has 3 aromatic carbocycles. The lowest BCUT2D eigenvalue weighted by atomic mass is 9.87. The summed E-state index contributed by atoms with van der Waals surface area (Å²) in [4.78, 5) is 9.33. The maximum Gasteiger partial charge on any atom is 0.211 e. The van der Waals surface area contributed by atoms with Crippen LogP contribution in [0.3, 0.4) is 0 Å². The number of anilines is 1. The second-order valence-corrected chi connectivity index (χ2v) is 8.16. The van der Waals surface area contributed by atoms with Crippen molar-refractivity contribution in [1.82, 2.24) is 4.98 Å². The highest BCUT2D eigenvalue weighted by molar-refractivity contribution is 6.32. The Morgan fingerprint density at radius 3 is 2.30 bits per heavy atom. The maximum absolute atomic E-state index is 3.60. The summed E-state index contributed by atoms with van der Waals surface area (Å²) in [5.74, 6) is 0.